The summed E-state index contributed by atoms with van der Waals surface area (Å²) in [6.45, 7) is 4.27. The highest BCUT2D eigenvalue weighted by Gasteiger charge is 2.15. The van der Waals surface area contributed by atoms with Gasteiger partial charge in [-0.1, -0.05) is 24.3 Å². The molecule has 2 amide bonds. The molecule has 5 rings (SSSR count). The Morgan fingerprint density at radius 3 is 2.32 bits per heavy atom. The number of amides is 2. The van der Waals surface area contributed by atoms with E-state index >= 15 is 0 Å². The Balaban J connectivity index is 1.38. The van der Waals surface area contributed by atoms with Gasteiger partial charge < -0.3 is 25.0 Å². The average molecular weight is 456 g/mol. The summed E-state index contributed by atoms with van der Waals surface area (Å²) in [6, 6.07) is 16.2. The van der Waals surface area contributed by atoms with Gasteiger partial charge in [0.2, 0.25) is 0 Å². The maximum Gasteiger partial charge on any atom is 0.321 e. The van der Waals surface area contributed by atoms with Gasteiger partial charge in [-0.3, -0.25) is 0 Å². The van der Waals surface area contributed by atoms with Crippen molar-refractivity contribution in [3.05, 3.63) is 60.9 Å². The molecule has 1 aliphatic heterocycles. The number of nitrogens with one attached hydrogen (secondary N) is 2. The molecule has 0 saturated carbocycles. The van der Waals surface area contributed by atoms with Crippen LogP contribution in [0.1, 0.15) is 0 Å². The Bertz CT molecular complexity index is 1290. The number of carbonyl (C=O) groups is 1. The quantitative estimate of drug-likeness (QED) is 0.484. The summed E-state index contributed by atoms with van der Waals surface area (Å²) in [6.07, 6.45) is 3.74. The molecule has 1 aliphatic rings. The van der Waals surface area contributed by atoms with Crippen LogP contribution in [0.3, 0.4) is 0 Å². The first-order valence-electron chi connectivity index (χ1n) is 11.4. The molecule has 0 aliphatic carbocycles. The molecule has 3 heterocycles. The Labute approximate surface area is 199 Å². The Kier molecular flexibility index (Phi) is 5.90. The van der Waals surface area contributed by atoms with Crippen LogP contribution in [0.2, 0.25) is 0 Å². The lowest BCUT2D eigenvalue weighted by atomic mass is 10.1. The molecule has 0 bridgehead atoms. The van der Waals surface area contributed by atoms with E-state index in [0.29, 0.717) is 0 Å². The van der Waals surface area contributed by atoms with Crippen LogP contribution in [0.15, 0.2) is 60.9 Å². The largest absolute Gasteiger partial charge is 0.369 e. The van der Waals surface area contributed by atoms with E-state index in [4.69, 9.17) is 4.98 Å². The number of urea groups is 1. The average Bonchev–Trinajstić information content (AvgIpc) is 3.28. The number of nitrogens with zero attached hydrogens (tertiary/aromatic N) is 5. The number of rotatable bonds is 4. The molecule has 4 aromatic rings. The number of likely N-dealkylation sites (N-methyl/N-ethyl adjacent to an activating group) is 1. The van der Waals surface area contributed by atoms with Crippen LogP contribution in [0.4, 0.5) is 16.2 Å². The van der Waals surface area contributed by atoms with E-state index in [1.807, 2.05) is 36.7 Å². The highest BCUT2D eigenvalue weighted by atomic mass is 16.2. The molecule has 2 aromatic heterocycles. The standard InChI is InChI=1S/C26H29N7O/c1-31(2)26(34)29-20-8-4-18(5-9-20)22-16-27-25-24(22)30-23(17-28-25)19-6-10-21(11-7-19)33-14-12-32(3)13-15-33/h4-11,16-17H,12-15H2,1-3H3,(H,27,28)(H,29,34). The van der Waals surface area contributed by atoms with E-state index in [9.17, 15) is 4.79 Å². The minimum absolute atomic E-state index is 0.158. The molecular weight excluding hydrogens is 426 g/mol. The van der Waals surface area contributed by atoms with Crippen molar-refractivity contribution < 1.29 is 4.79 Å². The lowest BCUT2D eigenvalue weighted by Gasteiger charge is -2.34. The first-order valence-corrected chi connectivity index (χ1v) is 11.4. The second-order valence-corrected chi connectivity index (χ2v) is 8.89. The van der Waals surface area contributed by atoms with Gasteiger partial charge in [0.25, 0.3) is 0 Å². The Morgan fingerprint density at radius 1 is 0.971 bits per heavy atom. The lowest BCUT2D eigenvalue weighted by molar-refractivity contribution is 0.230. The van der Waals surface area contributed by atoms with Crippen molar-refractivity contribution in [1.29, 1.82) is 0 Å². The molecule has 2 N–H and O–H groups in total. The molecule has 8 nitrogen and oxygen atoms in total. The molecular formula is C26H29N7O. The summed E-state index contributed by atoms with van der Waals surface area (Å²) >= 11 is 0. The van der Waals surface area contributed by atoms with E-state index in [1.54, 1.807) is 14.1 Å². The molecule has 0 unspecified atom stereocenters. The van der Waals surface area contributed by atoms with Crippen molar-refractivity contribution in [3.8, 4) is 22.4 Å². The smallest absolute Gasteiger partial charge is 0.321 e. The van der Waals surface area contributed by atoms with Crippen molar-refractivity contribution >= 4 is 28.6 Å². The summed E-state index contributed by atoms with van der Waals surface area (Å²) in [4.78, 5) is 30.9. The van der Waals surface area contributed by atoms with Gasteiger partial charge in [-0.15, -0.1) is 0 Å². The van der Waals surface area contributed by atoms with E-state index in [1.165, 1.54) is 10.6 Å². The number of anilines is 2. The highest BCUT2D eigenvalue weighted by Crippen LogP contribution is 2.30. The minimum Gasteiger partial charge on any atom is -0.369 e. The van der Waals surface area contributed by atoms with Crippen molar-refractivity contribution in [2.45, 2.75) is 0 Å². The summed E-state index contributed by atoms with van der Waals surface area (Å²) in [7, 11) is 5.60. The van der Waals surface area contributed by atoms with Crippen LogP contribution in [0.25, 0.3) is 33.5 Å². The SMILES string of the molecule is CN1CCN(c2ccc(-c3cnc4[nH]cc(-c5ccc(NC(=O)N(C)C)cc5)c4n3)cc2)CC1. The molecule has 1 saturated heterocycles. The van der Waals surface area contributed by atoms with Crippen LogP contribution in [0, 0.1) is 0 Å². The molecule has 174 valence electrons. The van der Waals surface area contributed by atoms with Crippen molar-refractivity contribution in [2.75, 3.05) is 57.5 Å². The van der Waals surface area contributed by atoms with E-state index < -0.39 is 0 Å². The van der Waals surface area contributed by atoms with E-state index in [0.717, 1.165) is 65.4 Å². The zero-order valence-electron chi connectivity index (χ0n) is 19.7. The number of piperazine rings is 1. The fourth-order valence-electron chi connectivity index (χ4n) is 4.13. The molecule has 8 heteroatoms. The van der Waals surface area contributed by atoms with Crippen LogP contribution >= 0.6 is 0 Å². The number of aromatic nitrogens is 3. The zero-order valence-corrected chi connectivity index (χ0v) is 19.7. The predicted octanol–water partition coefficient (Wildman–Crippen LogP) is 4.14. The Hall–Kier alpha value is -3.91. The van der Waals surface area contributed by atoms with Gasteiger partial charge in [-0.2, -0.15) is 0 Å². The predicted molar refractivity (Wildman–Crippen MR) is 137 cm³/mol. The first-order chi connectivity index (χ1) is 16.5. The molecule has 34 heavy (non-hydrogen) atoms. The lowest BCUT2D eigenvalue weighted by Crippen LogP contribution is -2.44. The minimum atomic E-state index is -0.158. The highest BCUT2D eigenvalue weighted by molar-refractivity contribution is 5.93. The van der Waals surface area contributed by atoms with Gasteiger partial charge >= 0.3 is 6.03 Å². The third-order valence-corrected chi connectivity index (χ3v) is 6.27. The summed E-state index contributed by atoms with van der Waals surface area (Å²) in [5, 5.41) is 2.86. The van der Waals surface area contributed by atoms with Crippen molar-refractivity contribution in [2.24, 2.45) is 0 Å². The van der Waals surface area contributed by atoms with Crippen molar-refractivity contribution in [3.63, 3.8) is 0 Å². The zero-order chi connectivity index (χ0) is 23.7. The fourth-order valence-corrected chi connectivity index (χ4v) is 4.13. The molecule has 0 radical (unpaired) electrons. The van der Waals surface area contributed by atoms with Crippen LogP contribution in [-0.4, -0.2) is 78.1 Å². The third-order valence-electron chi connectivity index (χ3n) is 6.27. The number of carbonyl (C=O) groups excluding carboxylic acids is 1. The number of fused-ring (bicyclic) bond motifs is 1. The fraction of sp³-hybridized carbons (Fsp3) is 0.269. The van der Waals surface area contributed by atoms with Crippen LogP contribution in [0.5, 0.6) is 0 Å². The monoisotopic (exact) mass is 455 g/mol. The van der Waals surface area contributed by atoms with Crippen LogP contribution in [-0.2, 0) is 0 Å². The van der Waals surface area contributed by atoms with Gasteiger partial charge in [0.05, 0.1) is 11.9 Å². The van der Waals surface area contributed by atoms with Gasteiger partial charge in [0.1, 0.15) is 5.52 Å². The number of hydrogen-bond donors (Lipinski definition) is 2. The number of H-pyrrole nitrogens is 1. The second kappa shape index (κ2) is 9.15. The maximum absolute atomic E-state index is 11.9. The second-order valence-electron chi connectivity index (χ2n) is 8.89. The summed E-state index contributed by atoms with van der Waals surface area (Å²) in [5.74, 6) is 0. The van der Waals surface area contributed by atoms with Crippen molar-refractivity contribution in [1.82, 2.24) is 24.8 Å². The molecule has 1 fully saturated rings. The van der Waals surface area contributed by atoms with Gasteiger partial charge in [-0.05, 0) is 36.9 Å². The van der Waals surface area contributed by atoms with Gasteiger partial charge in [0.15, 0.2) is 5.65 Å². The third kappa shape index (κ3) is 4.45. The van der Waals surface area contributed by atoms with Gasteiger partial charge in [-0.25, -0.2) is 14.8 Å². The first kappa shape index (κ1) is 21.9. The number of aromatic amines is 1. The topological polar surface area (TPSA) is 80.4 Å². The summed E-state index contributed by atoms with van der Waals surface area (Å²) < 4.78 is 0. The van der Waals surface area contributed by atoms with Crippen LogP contribution < -0.4 is 10.2 Å². The molecule has 2 aromatic carbocycles. The van der Waals surface area contributed by atoms with Gasteiger partial charge in [0, 0.05) is 69.0 Å². The normalized spacial score (nSPS) is 14.4. The number of hydrogen-bond acceptors (Lipinski definition) is 5. The van der Waals surface area contributed by atoms with E-state index in [-0.39, 0.29) is 6.03 Å². The Morgan fingerprint density at radius 2 is 1.65 bits per heavy atom. The number of benzene rings is 2. The van der Waals surface area contributed by atoms with E-state index in [2.05, 4.69) is 56.4 Å². The summed E-state index contributed by atoms with van der Waals surface area (Å²) in [5.41, 5.74) is 7.43. The molecule has 0 spiro atoms. The molecule has 0 atom stereocenters. The maximum atomic E-state index is 11.9.